The normalized spacial score (nSPS) is 16.8. The third-order valence-corrected chi connectivity index (χ3v) is 3.87. The van der Waals surface area contributed by atoms with Crippen molar-refractivity contribution in [1.82, 2.24) is 0 Å². The van der Waals surface area contributed by atoms with Gasteiger partial charge in [-0.2, -0.15) is 0 Å². The van der Waals surface area contributed by atoms with E-state index in [0.29, 0.717) is 0 Å². The summed E-state index contributed by atoms with van der Waals surface area (Å²) in [6.45, 7) is 3.98. The zero-order chi connectivity index (χ0) is 11.8. The highest BCUT2D eigenvalue weighted by molar-refractivity contribution is 7.89. The highest BCUT2D eigenvalue weighted by atomic mass is 32.2. The van der Waals surface area contributed by atoms with Gasteiger partial charge in [-0.05, 0) is 37.5 Å². The summed E-state index contributed by atoms with van der Waals surface area (Å²) >= 11 is 0. The third-order valence-electron chi connectivity index (χ3n) is 2.96. The van der Waals surface area contributed by atoms with E-state index < -0.39 is 10.0 Å². The van der Waals surface area contributed by atoms with Crippen LogP contribution in [0.25, 0.3) is 0 Å². The largest absolute Gasteiger partial charge is 0.371 e. The molecule has 0 atom stereocenters. The molecule has 0 amide bonds. The number of nitrogens with two attached hydrogens (primary N) is 1. The lowest BCUT2D eigenvalue weighted by atomic mass is 10.2. The minimum Gasteiger partial charge on any atom is -0.371 e. The van der Waals surface area contributed by atoms with E-state index in [4.69, 9.17) is 5.14 Å². The maximum atomic E-state index is 11.3. The molecule has 0 aliphatic carbocycles. The van der Waals surface area contributed by atoms with Gasteiger partial charge in [-0.3, -0.25) is 0 Å². The minimum atomic E-state index is -3.60. The summed E-state index contributed by atoms with van der Waals surface area (Å²) in [6, 6.07) is 5.05. The Morgan fingerprint density at radius 1 is 1.25 bits per heavy atom. The Kier molecular flexibility index (Phi) is 2.90. The first kappa shape index (κ1) is 11.4. The number of sulfonamides is 1. The van der Waals surface area contributed by atoms with Crippen LogP contribution in [0.1, 0.15) is 18.4 Å². The number of hydrogen-bond donors (Lipinski definition) is 1. The van der Waals surface area contributed by atoms with Gasteiger partial charge in [0.1, 0.15) is 0 Å². The second-order valence-electron chi connectivity index (χ2n) is 4.19. The van der Waals surface area contributed by atoms with Crippen LogP contribution in [0.5, 0.6) is 0 Å². The molecule has 2 N–H and O–H groups in total. The molecule has 1 aliphatic rings. The molecule has 0 radical (unpaired) electrons. The monoisotopic (exact) mass is 240 g/mol. The third kappa shape index (κ3) is 2.20. The summed E-state index contributed by atoms with van der Waals surface area (Å²) in [6.07, 6.45) is 2.33. The lowest BCUT2D eigenvalue weighted by molar-refractivity contribution is 0.598. The smallest absolute Gasteiger partial charge is 0.238 e. The van der Waals surface area contributed by atoms with Gasteiger partial charge >= 0.3 is 0 Å². The molecule has 1 aromatic rings. The molecule has 2 rings (SSSR count). The minimum absolute atomic E-state index is 0.194. The van der Waals surface area contributed by atoms with Crippen molar-refractivity contribution in [2.45, 2.75) is 24.7 Å². The first-order valence-corrected chi connectivity index (χ1v) is 6.91. The van der Waals surface area contributed by atoms with Gasteiger partial charge in [0.25, 0.3) is 0 Å². The van der Waals surface area contributed by atoms with Crippen molar-refractivity contribution in [2.24, 2.45) is 5.14 Å². The van der Waals surface area contributed by atoms with Gasteiger partial charge in [-0.25, -0.2) is 13.6 Å². The lowest BCUT2D eigenvalue weighted by Gasteiger charge is -2.20. The van der Waals surface area contributed by atoms with Gasteiger partial charge in [0, 0.05) is 18.8 Å². The fourth-order valence-electron chi connectivity index (χ4n) is 2.06. The van der Waals surface area contributed by atoms with E-state index in [0.717, 1.165) is 24.3 Å². The van der Waals surface area contributed by atoms with Crippen LogP contribution >= 0.6 is 0 Å². The van der Waals surface area contributed by atoms with E-state index in [-0.39, 0.29) is 4.90 Å². The van der Waals surface area contributed by atoms with Gasteiger partial charge in [0.05, 0.1) is 4.90 Å². The van der Waals surface area contributed by atoms with Crippen LogP contribution in [0.15, 0.2) is 23.1 Å². The number of hydrogen-bond acceptors (Lipinski definition) is 3. The zero-order valence-electron chi connectivity index (χ0n) is 9.31. The van der Waals surface area contributed by atoms with Crippen molar-refractivity contribution >= 4 is 15.7 Å². The molecule has 0 spiro atoms. The standard InChI is InChI=1S/C11H16N2O2S/c1-9-4-5-10(16(12,14)15)8-11(9)13-6-2-3-7-13/h4-5,8H,2-3,6-7H2,1H3,(H2,12,14,15). The number of aryl methyl sites for hydroxylation is 1. The molecule has 0 unspecified atom stereocenters. The van der Waals surface area contributed by atoms with E-state index in [1.807, 2.05) is 13.0 Å². The topological polar surface area (TPSA) is 63.4 Å². The predicted molar refractivity (Wildman–Crippen MR) is 64.0 cm³/mol. The number of rotatable bonds is 2. The van der Waals surface area contributed by atoms with Crippen LogP contribution < -0.4 is 10.0 Å². The summed E-state index contributed by atoms with van der Waals surface area (Å²) in [5, 5.41) is 5.13. The van der Waals surface area contributed by atoms with Crippen molar-refractivity contribution in [1.29, 1.82) is 0 Å². The average molecular weight is 240 g/mol. The summed E-state index contributed by atoms with van der Waals surface area (Å²) in [7, 11) is -3.60. The van der Waals surface area contributed by atoms with E-state index in [1.54, 1.807) is 12.1 Å². The molecule has 5 heteroatoms. The van der Waals surface area contributed by atoms with E-state index >= 15 is 0 Å². The molecule has 0 aromatic heterocycles. The number of anilines is 1. The van der Waals surface area contributed by atoms with Gasteiger partial charge in [-0.1, -0.05) is 6.07 Å². The highest BCUT2D eigenvalue weighted by Crippen LogP contribution is 2.26. The second-order valence-corrected chi connectivity index (χ2v) is 5.75. The van der Waals surface area contributed by atoms with Crippen molar-refractivity contribution in [3.8, 4) is 0 Å². The Balaban J connectivity index is 2.44. The molecule has 16 heavy (non-hydrogen) atoms. The quantitative estimate of drug-likeness (QED) is 0.846. The SMILES string of the molecule is Cc1ccc(S(N)(=O)=O)cc1N1CCCC1. The van der Waals surface area contributed by atoms with Gasteiger partial charge in [-0.15, -0.1) is 0 Å². The van der Waals surface area contributed by atoms with Crippen molar-refractivity contribution in [3.63, 3.8) is 0 Å². The maximum absolute atomic E-state index is 11.3. The molecule has 1 aliphatic heterocycles. The fraction of sp³-hybridized carbons (Fsp3) is 0.455. The van der Waals surface area contributed by atoms with Crippen molar-refractivity contribution in [3.05, 3.63) is 23.8 Å². The first-order chi connectivity index (χ1) is 7.48. The molecule has 88 valence electrons. The van der Waals surface area contributed by atoms with Crippen LogP contribution in [0.4, 0.5) is 5.69 Å². The molecule has 0 bridgehead atoms. The Morgan fingerprint density at radius 3 is 2.44 bits per heavy atom. The predicted octanol–water partition coefficient (Wildman–Crippen LogP) is 1.24. The second kappa shape index (κ2) is 4.07. The molecule has 0 saturated carbocycles. The first-order valence-electron chi connectivity index (χ1n) is 5.37. The molecule has 1 heterocycles. The number of nitrogens with zero attached hydrogens (tertiary/aromatic N) is 1. The van der Waals surface area contributed by atoms with Crippen LogP contribution in [-0.2, 0) is 10.0 Å². The Morgan fingerprint density at radius 2 is 1.88 bits per heavy atom. The maximum Gasteiger partial charge on any atom is 0.238 e. The van der Waals surface area contributed by atoms with E-state index in [1.165, 1.54) is 12.8 Å². The Labute approximate surface area is 96.1 Å². The molecule has 4 nitrogen and oxygen atoms in total. The van der Waals surface area contributed by atoms with Crippen LogP contribution in [0, 0.1) is 6.92 Å². The Bertz CT molecular complexity index is 491. The fourth-order valence-corrected chi connectivity index (χ4v) is 2.60. The van der Waals surface area contributed by atoms with Gasteiger partial charge in [0.2, 0.25) is 10.0 Å². The van der Waals surface area contributed by atoms with Gasteiger partial charge in [0.15, 0.2) is 0 Å². The zero-order valence-corrected chi connectivity index (χ0v) is 10.1. The molecule has 1 saturated heterocycles. The summed E-state index contributed by atoms with van der Waals surface area (Å²) < 4.78 is 22.5. The van der Waals surface area contributed by atoms with Crippen molar-refractivity contribution in [2.75, 3.05) is 18.0 Å². The molecular weight excluding hydrogens is 224 g/mol. The van der Waals surface area contributed by atoms with Gasteiger partial charge < -0.3 is 4.90 Å². The van der Waals surface area contributed by atoms with E-state index in [9.17, 15) is 8.42 Å². The lowest BCUT2D eigenvalue weighted by Crippen LogP contribution is -2.20. The summed E-state index contributed by atoms with van der Waals surface area (Å²) in [4.78, 5) is 2.41. The van der Waals surface area contributed by atoms with Crippen LogP contribution in [0.2, 0.25) is 0 Å². The summed E-state index contributed by atoms with van der Waals surface area (Å²) in [5.74, 6) is 0. The Hall–Kier alpha value is -1.07. The van der Waals surface area contributed by atoms with Crippen LogP contribution in [-0.4, -0.2) is 21.5 Å². The molecule has 1 fully saturated rings. The molecule has 1 aromatic carbocycles. The highest BCUT2D eigenvalue weighted by Gasteiger charge is 2.17. The number of benzene rings is 1. The summed E-state index contributed by atoms with van der Waals surface area (Å²) in [5.41, 5.74) is 2.08. The van der Waals surface area contributed by atoms with Crippen molar-refractivity contribution < 1.29 is 8.42 Å². The molecular formula is C11H16N2O2S. The average Bonchev–Trinajstić information content (AvgIpc) is 2.69. The van der Waals surface area contributed by atoms with Crippen LogP contribution in [0.3, 0.4) is 0 Å². The number of primary sulfonamides is 1. The van der Waals surface area contributed by atoms with E-state index in [2.05, 4.69) is 4.90 Å².